The number of rotatable bonds is 7. The maximum atomic E-state index is 2.60. The Morgan fingerprint density at radius 1 is 0.644 bits per heavy atom. The molecule has 1 fully saturated rings. The lowest BCUT2D eigenvalue weighted by Gasteiger charge is -2.36. The van der Waals surface area contributed by atoms with Gasteiger partial charge in [0.25, 0.3) is 0 Å². The highest BCUT2D eigenvalue weighted by Gasteiger charge is 2.49. The van der Waals surface area contributed by atoms with Crippen LogP contribution < -0.4 is 9.80 Å². The molecular weight excluding hydrogens is 544 g/mol. The first-order chi connectivity index (χ1) is 21.8. The van der Waals surface area contributed by atoms with Crippen molar-refractivity contribution in [2.24, 2.45) is 17.8 Å². The summed E-state index contributed by atoms with van der Waals surface area (Å²) in [7, 11) is 0. The number of aryl methyl sites for hydroxylation is 3. The first-order valence-electron chi connectivity index (χ1n) is 16.8. The minimum atomic E-state index is 0.449. The summed E-state index contributed by atoms with van der Waals surface area (Å²) in [5.41, 5.74) is 17.9. The van der Waals surface area contributed by atoms with Crippen molar-refractivity contribution in [1.82, 2.24) is 0 Å². The molecule has 0 spiro atoms. The quantitative estimate of drug-likeness (QED) is 0.270. The molecule has 3 atom stereocenters. The van der Waals surface area contributed by atoms with Crippen LogP contribution in [0.1, 0.15) is 63.1 Å². The van der Waals surface area contributed by atoms with Gasteiger partial charge in [-0.3, -0.25) is 0 Å². The Hall–Kier alpha value is -4.30. The van der Waals surface area contributed by atoms with Gasteiger partial charge in [-0.1, -0.05) is 61.0 Å². The molecule has 7 rings (SSSR count). The van der Waals surface area contributed by atoms with Gasteiger partial charge in [-0.05, 0) is 160 Å². The van der Waals surface area contributed by atoms with E-state index in [4.69, 9.17) is 0 Å². The molecule has 0 saturated heterocycles. The maximum Gasteiger partial charge on any atom is 0.0461 e. The van der Waals surface area contributed by atoms with E-state index >= 15 is 0 Å². The molecule has 0 bridgehead atoms. The van der Waals surface area contributed by atoms with Crippen molar-refractivity contribution in [3.8, 4) is 0 Å². The van der Waals surface area contributed by atoms with Crippen LogP contribution in [0.3, 0.4) is 0 Å². The van der Waals surface area contributed by atoms with E-state index in [9.17, 15) is 0 Å². The van der Waals surface area contributed by atoms with Crippen molar-refractivity contribution in [1.29, 1.82) is 0 Å². The molecule has 4 aliphatic rings. The van der Waals surface area contributed by atoms with E-state index in [0.717, 1.165) is 19.3 Å². The van der Waals surface area contributed by atoms with Crippen LogP contribution in [0.15, 0.2) is 143 Å². The van der Waals surface area contributed by atoms with Crippen LogP contribution in [0.5, 0.6) is 0 Å². The van der Waals surface area contributed by atoms with Crippen molar-refractivity contribution in [2.45, 2.75) is 67.2 Å². The molecule has 2 heteroatoms. The molecule has 4 aliphatic carbocycles. The van der Waals surface area contributed by atoms with Gasteiger partial charge in [0.05, 0.1) is 0 Å². The summed E-state index contributed by atoms with van der Waals surface area (Å²) in [5, 5.41) is 0. The highest BCUT2D eigenvalue weighted by atomic mass is 15.2. The van der Waals surface area contributed by atoms with Crippen LogP contribution in [-0.2, 0) is 0 Å². The Bertz CT molecular complexity index is 1790. The Labute approximate surface area is 270 Å². The number of benzene rings is 3. The topological polar surface area (TPSA) is 6.48 Å². The second-order valence-electron chi connectivity index (χ2n) is 13.8. The number of allylic oxidation sites excluding steroid dienone is 12. The average molecular weight is 591 g/mol. The van der Waals surface area contributed by atoms with E-state index < -0.39 is 0 Å². The standard InChI is InChI=1S/C43H46N2/c1-28-11-7-15-34(21-28)44(35-16-8-12-29(2)22-35)38-19-20-39(32(5)25-38)43-33(6)26-42(40-27-41(40)43)45(36-17-9-13-30(3)23-36)37-18-10-14-31(4)24-37/h7-9,11-17,19-24,26,32,40-41H,10,18,25,27H2,1-6H3. The summed E-state index contributed by atoms with van der Waals surface area (Å²) in [6.07, 6.45) is 16.6. The number of hydrogen-bond donors (Lipinski definition) is 0. The van der Waals surface area contributed by atoms with Crippen molar-refractivity contribution in [2.75, 3.05) is 9.80 Å². The zero-order valence-corrected chi connectivity index (χ0v) is 27.8. The maximum absolute atomic E-state index is 2.60. The van der Waals surface area contributed by atoms with E-state index in [0.29, 0.717) is 17.8 Å². The van der Waals surface area contributed by atoms with Gasteiger partial charge in [0.1, 0.15) is 0 Å². The second-order valence-corrected chi connectivity index (χ2v) is 13.8. The SMILES string of the molecule is CC1=CCCC(N(C2=CC(C)=C(C3=CC=C(N(c4cccc(C)c4)c4cccc(C)c4)CC3C)C3CC23)c2cccc(C)c2)=C1. The lowest BCUT2D eigenvalue weighted by atomic mass is 9.80. The van der Waals surface area contributed by atoms with Crippen LogP contribution in [0.2, 0.25) is 0 Å². The van der Waals surface area contributed by atoms with Crippen LogP contribution in [-0.4, -0.2) is 0 Å². The summed E-state index contributed by atoms with van der Waals surface area (Å²) >= 11 is 0. The monoisotopic (exact) mass is 590 g/mol. The van der Waals surface area contributed by atoms with Gasteiger partial charge in [-0.15, -0.1) is 0 Å². The Balaban J connectivity index is 1.27. The minimum Gasteiger partial charge on any atom is -0.318 e. The van der Waals surface area contributed by atoms with Gasteiger partial charge in [-0.2, -0.15) is 0 Å². The molecular formula is C43H46N2. The fraction of sp³-hybridized carbons (Fsp3) is 0.302. The zero-order valence-electron chi connectivity index (χ0n) is 27.8. The zero-order chi connectivity index (χ0) is 31.2. The molecule has 0 N–H and O–H groups in total. The molecule has 0 aliphatic heterocycles. The number of hydrogen-bond acceptors (Lipinski definition) is 2. The molecule has 3 unspecified atom stereocenters. The molecule has 228 valence electrons. The van der Waals surface area contributed by atoms with Crippen LogP contribution >= 0.6 is 0 Å². The molecule has 1 saturated carbocycles. The van der Waals surface area contributed by atoms with Crippen LogP contribution in [0.25, 0.3) is 0 Å². The highest BCUT2D eigenvalue weighted by molar-refractivity contribution is 5.71. The third-order valence-electron chi connectivity index (χ3n) is 10.0. The Morgan fingerprint density at radius 2 is 1.24 bits per heavy atom. The highest BCUT2D eigenvalue weighted by Crippen LogP contribution is 2.58. The predicted molar refractivity (Wildman–Crippen MR) is 192 cm³/mol. The lowest BCUT2D eigenvalue weighted by molar-refractivity contribution is 0.641. The minimum absolute atomic E-state index is 0.449. The van der Waals surface area contributed by atoms with E-state index in [-0.39, 0.29) is 0 Å². The van der Waals surface area contributed by atoms with Crippen LogP contribution in [0, 0.1) is 38.5 Å². The summed E-state index contributed by atoms with van der Waals surface area (Å²) < 4.78 is 0. The molecule has 0 amide bonds. The fourth-order valence-corrected chi connectivity index (χ4v) is 7.86. The van der Waals surface area contributed by atoms with Gasteiger partial charge in [0.15, 0.2) is 0 Å². The third kappa shape index (κ3) is 5.79. The Kier molecular flexibility index (Phi) is 7.78. The van der Waals surface area contributed by atoms with Crippen molar-refractivity contribution in [3.05, 3.63) is 159 Å². The van der Waals surface area contributed by atoms with Crippen molar-refractivity contribution in [3.63, 3.8) is 0 Å². The second kappa shape index (κ2) is 11.9. The number of fused-ring (bicyclic) bond motifs is 1. The van der Waals surface area contributed by atoms with Gasteiger partial charge in [0, 0.05) is 40.1 Å². The molecule has 0 aromatic heterocycles. The summed E-state index contributed by atoms with van der Waals surface area (Å²) in [6, 6.07) is 26.9. The van der Waals surface area contributed by atoms with Gasteiger partial charge in [0.2, 0.25) is 0 Å². The van der Waals surface area contributed by atoms with Crippen molar-refractivity contribution < 1.29 is 0 Å². The van der Waals surface area contributed by atoms with Gasteiger partial charge < -0.3 is 9.80 Å². The van der Waals surface area contributed by atoms with Crippen molar-refractivity contribution >= 4 is 17.1 Å². The van der Waals surface area contributed by atoms with Gasteiger partial charge >= 0.3 is 0 Å². The fourth-order valence-electron chi connectivity index (χ4n) is 7.86. The first kappa shape index (κ1) is 29.4. The summed E-state index contributed by atoms with van der Waals surface area (Å²) in [4.78, 5) is 5.07. The Morgan fingerprint density at radius 3 is 1.80 bits per heavy atom. The van der Waals surface area contributed by atoms with E-state index in [2.05, 4.69) is 155 Å². The first-order valence-corrected chi connectivity index (χ1v) is 16.8. The van der Waals surface area contributed by atoms with E-state index in [1.165, 1.54) is 74.0 Å². The molecule has 45 heavy (non-hydrogen) atoms. The summed E-state index contributed by atoms with van der Waals surface area (Å²) in [6.45, 7) is 13.6. The molecule has 0 radical (unpaired) electrons. The molecule has 0 heterocycles. The normalized spacial score (nSPS) is 22.4. The number of anilines is 3. The van der Waals surface area contributed by atoms with Gasteiger partial charge in [-0.25, -0.2) is 0 Å². The predicted octanol–water partition coefficient (Wildman–Crippen LogP) is 11.6. The molecule has 3 aromatic carbocycles. The lowest BCUT2D eigenvalue weighted by Crippen LogP contribution is -2.27. The number of nitrogens with zero attached hydrogens (tertiary/aromatic N) is 2. The summed E-state index contributed by atoms with van der Waals surface area (Å²) in [5.74, 6) is 1.63. The smallest absolute Gasteiger partial charge is 0.0461 e. The van der Waals surface area contributed by atoms with E-state index in [1.807, 2.05) is 0 Å². The average Bonchev–Trinajstić information content (AvgIpc) is 3.80. The largest absolute Gasteiger partial charge is 0.318 e. The third-order valence-corrected chi connectivity index (χ3v) is 10.0. The molecule has 2 nitrogen and oxygen atoms in total. The van der Waals surface area contributed by atoms with Crippen LogP contribution in [0.4, 0.5) is 17.1 Å². The van der Waals surface area contributed by atoms with E-state index in [1.54, 1.807) is 5.57 Å². The molecule has 3 aromatic rings.